The minimum atomic E-state index is -0.0771. The SMILES string of the molecule is O=c1[nH]c(C2CCN(C3CCC3)CC2)nc(NC2CCCNC2)c1-c1nc2ccccc2s1. The van der Waals surface area contributed by atoms with Gasteiger partial charge in [-0.1, -0.05) is 18.6 Å². The molecule has 0 spiro atoms. The fourth-order valence-corrected chi connectivity index (χ4v) is 6.43. The van der Waals surface area contributed by atoms with Crippen molar-refractivity contribution >= 4 is 27.4 Å². The van der Waals surface area contributed by atoms with Crippen LogP contribution in [0.1, 0.15) is 56.7 Å². The molecule has 1 aromatic carbocycles. The smallest absolute Gasteiger partial charge is 0.263 e. The van der Waals surface area contributed by atoms with Crippen molar-refractivity contribution in [1.29, 1.82) is 0 Å². The van der Waals surface area contributed by atoms with Gasteiger partial charge in [0.2, 0.25) is 0 Å². The highest BCUT2D eigenvalue weighted by atomic mass is 32.1. The van der Waals surface area contributed by atoms with Gasteiger partial charge in [-0.15, -0.1) is 11.3 Å². The maximum absolute atomic E-state index is 13.5. The third-order valence-electron chi connectivity index (χ3n) is 7.59. The van der Waals surface area contributed by atoms with Crippen molar-refractivity contribution in [1.82, 2.24) is 25.2 Å². The van der Waals surface area contributed by atoms with E-state index >= 15 is 0 Å². The molecule has 2 aromatic heterocycles. The lowest BCUT2D eigenvalue weighted by molar-refractivity contribution is 0.0963. The van der Waals surface area contributed by atoms with Crippen LogP contribution in [0.15, 0.2) is 29.1 Å². The summed E-state index contributed by atoms with van der Waals surface area (Å²) in [5.74, 6) is 1.84. The number of rotatable bonds is 5. The molecule has 1 unspecified atom stereocenters. The topological polar surface area (TPSA) is 85.9 Å². The number of hydrogen-bond donors (Lipinski definition) is 3. The third kappa shape index (κ3) is 4.32. The van der Waals surface area contributed by atoms with E-state index in [9.17, 15) is 4.79 Å². The predicted molar refractivity (Wildman–Crippen MR) is 134 cm³/mol. The van der Waals surface area contributed by atoms with Crippen molar-refractivity contribution in [2.45, 2.75) is 62.9 Å². The van der Waals surface area contributed by atoms with Gasteiger partial charge in [-0.25, -0.2) is 9.97 Å². The molecular formula is C25H32N6OS. The molecule has 4 heterocycles. The first-order valence-corrected chi connectivity index (χ1v) is 13.3. The Morgan fingerprint density at radius 3 is 2.61 bits per heavy atom. The van der Waals surface area contributed by atoms with E-state index in [1.54, 1.807) is 11.3 Å². The number of para-hydroxylation sites is 1. The van der Waals surface area contributed by atoms with Crippen LogP contribution in [0.25, 0.3) is 20.8 Å². The highest BCUT2D eigenvalue weighted by molar-refractivity contribution is 7.21. The third-order valence-corrected chi connectivity index (χ3v) is 8.64. The number of nitrogens with zero attached hydrogens (tertiary/aromatic N) is 3. The number of aromatic amines is 1. The summed E-state index contributed by atoms with van der Waals surface area (Å²) >= 11 is 1.56. The number of benzene rings is 1. The summed E-state index contributed by atoms with van der Waals surface area (Å²) in [6, 6.07) is 9.11. The average molecular weight is 465 g/mol. The van der Waals surface area contributed by atoms with E-state index in [2.05, 4.69) is 26.6 Å². The summed E-state index contributed by atoms with van der Waals surface area (Å²) in [5, 5.41) is 7.82. The zero-order valence-corrected chi connectivity index (χ0v) is 19.8. The number of fused-ring (bicyclic) bond motifs is 1. The van der Waals surface area contributed by atoms with Gasteiger partial charge in [0.05, 0.1) is 10.2 Å². The van der Waals surface area contributed by atoms with E-state index in [0.717, 1.165) is 79.0 Å². The zero-order chi connectivity index (χ0) is 22.2. The fraction of sp³-hybridized carbons (Fsp3) is 0.560. The number of H-pyrrole nitrogens is 1. The van der Waals surface area contributed by atoms with Crippen LogP contribution in [0.4, 0.5) is 5.82 Å². The average Bonchev–Trinajstić information content (AvgIpc) is 3.22. The Kier molecular flexibility index (Phi) is 5.90. The molecule has 0 amide bonds. The number of aromatic nitrogens is 3. The monoisotopic (exact) mass is 464 g/mol. The lowest BCUT2D eigenvalue weighted by Gasteiger charge is -2.41. The second-order valence-corrected chi connectivity index (χ2v) is 10.8. The first-order valence-electron chi connectivity index (χ1n) is 12.5. The number of likely N-dealkylation sites (tertiary alicyclic amines) is 1. The van der Waals surface area contributed by atoms with E-state index in [4.69, 9.17) is 9.97 Å². The lowest BCUT2D eigenvalue weighted by Crippen LogP contribution is -2.44. The van der Waals surface area contributed by atoms with Crippen LogP contribution in [0.3, 0.4) is 0 Å². The van der Waals surface area contributed by atoms with Gasteiger partial charge in [-0.05, 0) is 70.3 Å². The van der Waals surface area contributed by atoms with E-state index in [-0.39, 0.29) is 11.6 Å². The second kappa shape index (κ2) is 9.16. The molecule has 1 aliphatic carbocycles. The Balaban J connectivity index is 1.33. The summed E-state index contributed by atoms with van der Waals surface area (Å²) in [6.45, 7) is 4.15. The van der Waals surface area contributed by atoms with E-state index in [0.29, 0.717) is 17.3 Å². The molecule has 3 fully saturated rings. The zero-order valence-electron chi connectivity index (χ0n) is 19.0. The molecule has 174 valence electrons. The molecule has 3 aromatic rings. The van der Waals surface area contributed by atoms with Crippen molar-refractivity contribution < 1.29 is 0 Å². The Morgan fingerprint density at radius 1 is 1.03 bits per heavy atom. The van der Waals surface area contributed by atoms with Crippen LogP contribution >= 0.6 is 11.3 Å². The van der Waals surface area contributed by atoms with Crippen LogP contribution < -0.4 is 16.2 Å². The maximum Gasteiger partial charge on any atom is 0.263 e. The van der Waals surface area contributed by atoms with Gasteiger partial charge in [0, 0.05) is 24.5 Å². The Bertz CT molecular complexity index is 1140. The molecule has 6 rings (SSSR count). The van der Waals surface area contributed by atoms with Crippen LogP contribution in [-0.4, -0.2) is 58.1 Å². The number of nitrogens with one attached hydrogen (secondary N) is 3. The molecule has 1 saturated carbocycles. The molecule has 0 radical (unpaired) electrons. The largest absolute Gasteiger partial charge is 0.365 e. The van der Waals surface area contributed by atoms with Crippen LogP contribution in [-0.2, 0) is 0 Å². The minimum absolute atomic E-state index is 0.0771. The first-order chi connectivity index (χ1) is 16.2. The quantitative estimate of drug-likeness (QED) is 0.530. The molecule has 33 heavy (non-hydrogen) atoms. The van der Waals surface area contributed by atoms with Crippen molar-refractivity contribution in [2.75, 3.05) is 31.5 Å². The molecule has 3 aliphatic rings. The maximum atomic E-state index is 13.5. The van der Waals surface area contributed by atoms with Crippen molar-refractivity contribution in [3.8, 4) is 10.6 Å². The molecule has 0 bridgehead atoms. The van der Waals surface area contributed by atoms with E-state index < -0.39 is 0 Å². The molecular weight excluding hydrogens is 432 g/mol. The Hall–Kier alpha value is -2.29. The number of piperidine rings is 2. The molecule has 2 saturated heterocycles. The Labute approximate surface area is 198 Å². The van der Waals surface area contributed by atoms with Crippen LogP contribution in [0, 0.1) is 0 Å². The Morgan fingerprint density at radius 2 is 1.88 bits per heavy atom. The van der Waals surface area contributed by atoms with E-state index in [1.807, 2.05) is 18.2 Å². The number of thiazole rings is 1. The van der Waals surface area contributed by atoms with Gasteiger partial charge < -0.3 is 20.5 Å². The van der Waals surface area contributed by atoms with Crippen LogP contribution in [0.2, 0.25) is 0 Å². The van der Waals surface area contributed by atoms with Crippen molar-refractivity contribution in [2.24, 2.45) is 0 Å². The minimum Gasteiger partial charge on any atom is -0.365 e. The van der Waals surface area contributed by atoms with Gasteiger partial charge in [0.25, 0.3) is 5.56 Å². The lowest BCUT2D eigenvalue weighted by atomic mass is 9.87. The standard InChI is InChI=1S/C25H32N6OS/c32-24-21(25-28-19-8-1-2-9-20(19)33-25)23(27-17-5-4-12-26-15-17)29-22(30-24)16-10-13-31(14-11-16)18-6-3-7-18/h1-2,8-9,16-18,26H,3-7,10-15H2,(H2,27,29,30,32). The first kappa shape index (κ1) is 21.3. The van der Waals surface area contributed by atoms with Gasteiger partial charge in [0.1, 0.15) is 22.2 Å². The molecule has 1 atom stereocenters. The van der Waals surface area contributed by atoms with Gasteiger partial charge in [-0.2, -0.15) is 0 Å². The predicted octanol–water partition coefficient (Wildman–Crippen LogP) is 3.94. The second-order valence-electron chi connectivity index (χ2n) is 9.74. The summed E-state index contributed by atoms with van der Waals surface area (Å²) in [5.41, 5.74) is 1.43. The van der Waals surface area contributed by atoms with Gasteiger partial charge in [0.15, 0.2) is 0 Å². The number of hydrogen-bond acceptors (Lipinski definition) is 7. The summed E-state index contributed by atoms with van der Waals surface area (Å²) in [4.78, 5) is 29.1. The summed E-state index contributed by atoms with van der Waals surface area (Å²) in [6.07, 6.45) is 8.40. The van der Waals surface area contributed by atoms with Crippen molar-refractivity contribution in [3.05, 3.63) is 40.4 Å². The highest BCUT2D eigenvalue weighted by Crippen LogP contribution is 2.35. The van der Waals surface area contributed by atoms with Crippen molar-refractivity contribution in [3.63, 3.8) is 0 Å². The molecule has 8 heteroatoms. The van der Waals surface area contributed by atoms with Crippen LogP contribution in [0.5, 0.6) is 0 Å². The molecule has 3 N–H and O–H groups in total. The van der Waals surface area contributed by atoms with Gasteiger partial charge in [-0.3, -0.25) is 4.79 Å². The number of anilines is 1. The molecule has 7 nitrogen and oxygen atoms in total. The highest BCUT2D eigenvalue weighted by Gasteiger charge is 2.31. The normalized spacial score (nSPS) is 23.0. The summed E-state index contributed by atoms with van der Waals surface area (Å²) in [7, 11) is 0. The van der Waals surface area contributed by atoms with Gasteiger partial charge >= 0.3 is 0 Å². The fourth-order valence-electron chi connectivity index (χ4n) is 5.42. The van der Waals surface area contributed by atoms with E-state index in [1.165, 1.54) is 19.3 Å². The molecule has 2 aliphatic heterocycles. The summed E-state index contributed by atoms with van der Waals surface area (Å²) < 4.78 is 1.09.